The summed E-state index contributed by atoms with van der Waals surface area (Å²) in [6.07, 6.45) is 9.11. The zero-order valence-corrected chi connectivity index (χ0v) is 21.1. The Balaban J connectivity index is 1.54. The Kier molecular flexibility index (Phi) is 6.85. The predicted molar refractivity (Wildman–Crippen MR) is 139 cm³/mol. The SMILES string of the molecule is CCOC(=O)C1N(C(=O)/C=C/c2ccc(N(O)O)cc2)C(=S)OC1(c1ccccc1)C1CC2C=CC1C2. The minimum atomic E-state index is -1.17. The van der Waals surface area contributed by atoms with Crippen LogP contribution in [0.25, 0.3) is 6.08 Å². The molecule has 1 aliphatic heterocycles. The first-order valence-corrected chi connectivity index (χ1v) is 12.7. The molecule has 2 bridgehead atoms. The highest BCUT2D eigenvalue weighted by molar-refractivity contribution is 7.80. The lowest BCUT2D eigenvalue weighted by Crippen LogP contribution is -2.55. The molecule has 192 valence electrons. The average Bonchev–Trinajstić information content (AvgIpc) is 3.62. The van der Waals surface area contributed by atoms with Crippen molar-refractivity contribution in [1.82, 2.24) is 4.90 Å². The van der Waals surface area contributed by atoms with E-state index in [1.54, 1.807) is 25.1 Å². The maximum absolute atomic E-state index is 13.6. The Hall–Kier alpha value is -3.53. The number of carbonyl (C=O) groups is 2. The van der Waals surface area contributed by atoms with Crippen molar-refractivity contribution in [2.24, 2.45) is 17.8 Å². The lowest BCUT2D eigenvalue weighted by molar-refractivity contribution is -0.158. The van der Waals surface area contributed by atoms with Gasteiger partial charge in [0, 0.05) is 12.0 Å². The van der Waals surface area contributed by atoms with Crippen molar-refractivity contribution in [3.8, 4) is 0 Å². The number of nitrogens with zero attached hydrogens (tertiary/aromatic N) is 2. The number of allylic oxidation sites excluding steroid dienone is 2. The van der Waals surface area contributed by atoms with E-state index in [0.29, 0.717) is 11.5 Å². The van der Waals surface area contributed by atoms with E-state index in [-0.39, 0.29) is 34.5 Å². The summed E-state index contributed by atoms with van der Waals surface area (Å²) in [4.78, 5) is 28.4. The molecule has 9 heteroatoms. The van der Waals surface area contributed by atoms with Crippen LogP contribution in [0.2, 0.25) is 0 Å². The minimum Gasteiger partial charge on any atom is -0.464 e. The molecule has 1 amide bonds. The van der Waals surface area contributed by atoms with Gasteiger partial charge in [0.1, 0.15) is 0 Å². The molecule has 2 fully saturated rings. The van der Waals surface area contributed by atoms with Gasteiger partial charge in [0.25, 0.3) is 11.1 Å². The van der Waals surface area contributed by atoms with E-state index in [9.17, 15) is 9.59 Å². The molecule has 37 heavy (non-hydrogen) atoms. The fraction of sp³-hybridized carbons (Fsp3) is 0.321. The molecule has 1 saturated carbocycles. The van der Waals surface area contributed by atoms with Gasteiger partial charge in [-0.15, -0.1) is 5.23 Å². The summed E-state index contributed by atoms with van der Waals surface area (Å²) in [6, 6.07) is 14.6. The van der Waals surface area contributed by atoms with Gasteiger partial charge in [0.05, 0.1) is 12.3 Å². The van der Waals surface area contributed by atoms with E-state index >= 15 is 0 Å². The molecule has 5 unspecified atom stereocenters. The van der Waals surface area contributed by atoms with Gasteiger partial charge in [-0.2, -0.15) is 0 Å². The van der Waals surface area contributed by atoms with Crippen molar-refractivity contribution in [2.45, 2.75) is 31.4 Å². The summed E-state index contributed by atoms with van der Waals surface area (Å²) >= 11 is 5.61. The fourth-order valence-corrected chi connectivity index (χ4v) is 6.25. The van der Waals surface area contributed by atoms with Crippen LogP contribution in [0, 0.1) is 17.8 Å². The fourth-order valence-electron chi connectivity index (χ4n) is 5.91. The first-order valence-electron chi connectivity index (χ1n) is 12.3. The number of anilines is 1. The second-order valence-electron chi connectivity index (χ2n) is 9.49. The van der Waals surface area contributed by atoms with Crippen molar-refractivity contribution in [2.75, 3.05) is 11.8 Å². The van der Waals surface area contributed by atoms with Gasteiger partial charge in [-0.05, 0) is 73.2 Å². The molecule has 1 saturated heterocycles. The molecule has 2 aliphatic carbocycles. The van der Waals surface area contributed by atoms with Crippen molar-refractivity contribution in [1.29, 1.82) is 0 Å². The van der Waals surface area contributed by atoms with Crippen molar-refractivity contribution < 1.29 is 29.5 Å². The molecule has 1 heterocycles. The van der Waals surface area contributed by atoms with E-state index in [4.69, 9.17) is 32.1 Å². The van der Waals surface area contributed by atoms with Gasteiger partial charge in [0.2, 0.25) is 0 Å². The van der Waals surface area contributed by atoms with Crippen LogP contribution in [-0.2, 0) is 24.7 Å². The Morgan fingerprint density at radius 3 is 2.46 bits per heavy atom. The monoisotopic (exact) mass is 520 g/mol. The Morgan fingerprint density at radius 2 is 1.86 bits per heavy atom. The van der Waals surface area contributed by atoms with Crippen LogP contribution in [0.1, 0.15) is 30.9 Å². The Labute approximate surface area is 220 Å². The predicted octanol–water partition coefficient (Wildman–Crippen LogP) is 4.47. The second-order valence-corrected chi connectivity index (χ2v) is 9.84. The summed E-state index contributed by atoms with van der Waals surface area (Å²) in [7, 11) is 0. The van der Waals surface area contributed by atoms with Crippen LogP contribution in [-0.4, -0.2) is 45.0 Å². The van der Waals surface area contributed by atoms with Gasteiger partial charge < -0.3 is 9.47 Å². The number of benzene rings is 2. The Bertz CT molecular complexity index is 1250. The van der Waals surface area contributed by atoms with Crippen LogP contribution in [0.4, 0.5) is 5.69 Å². The first kappa shape index (κ1) is 25.1. The molecule has 5 atom stereocenters. The van der Waals surface area contributed by atoms with Gasteiger partial charge in [0.15, 0.2) is 11.6 Å². The Morgan fingerprint density at radius 1 is 1.14 bits per heavy atom. The maximum atomic E-state index is 13.6. The molecular formula is C28H28N2O6S. The molecule has 0 aromatic heterocycles. The third kappa shape index (κ3) is 4.43. The van der Waals surface area contributed by atoms with Crippen LogP contribution in [0.5, 0.6) is 0 Å². The van der Waals surface area contributed by atoms with Crippen LogP contribution >= 0.6 is 12.2 Å². The number of carbonyl (C=O) groups excluding carboxylic acids is 2. The zero-order valence-electron chi connectivity index (χ0n) is 20.3. The van der Waals surface area contributed by atoms with Crippen molar-refractivity contribution in [3.05, 3.63) is 84.0 Å². The molecule has 0 radical (unpaired) electrons. The number of thiocarbonyl (C=S) groups is 1. The largest absolute Gasteiger partial charge is 0.464 e. The number of amides is 1. The van der Waals surface area contributed by atoms with Gasteiger partial charge >= 0.3 is 5.97 Å². The summed E-state index contributed by atoms with van der Waals surface area (Å²) in [5.74, 6) is -0.528. The van der Waals surface area contributed by atoms with E-state index in [2.05, 4.69) is 12.2 Å². The molecular weight excluding hydrogens is 492 g/mol. The molecule has 5 rings (SSSR count). The summed E-state index contributed by atoms with van der Waals surface area (Å²) in [6.45, 7) is 1.88. The zero-order chi connectivity index (χ0) is 26.2. The minimum absolute atomic E-state index is 0.0105. The molecule has 2 aromatic rings. The van der Waals surface area contributed by atoms with E-state index in [0.717, 1.165) is 18.4 Å². The number of hydrogen-bond donors (Lipinski definition) is 2. The van der Waals surface area contributed by atoms with Crippen LogP contribution in [0.3, 0.4) is 0 Å². The summed E-state index contributed by atoms with van der Waals surface area (Å²) < 4.78 is 12.0. The third-order valence-corrected chi connectivity index (χ3v) is 7.74. The number of esters is 1. The lowest BCUT2D eigenvalue weighted by Gasteiger charge is -2.41. The molecule has 3 aliphatic rings. The maximum Gasteiger partial charge on any atom is 0.333 e. The number of fused-ring (bicyclic) bond motifs is 2. The molecule has 0 spiro atoms. The quantitative estimate of drug-likeness (QED) is 0.181. The number of hydrogen-bond acceptors (Lipinski definition) is 8. The van der Waals surface area contributed by atoms with E-state index in [1.165, 1.54) is 23.1 Å². The topological polar surface area (TPSA) is 99.5 Å². The lowest BCUT2D eigenvalue weighted by atomic mass is 9.70. The van der Waals surface area contributed by atoms with Crippen molar-refractivity contribution in [3.63, 3.8) is 0 Å². The molecule has 2 N–H and O–H groups in total. The summed E-state index contributed by atoms with van der Waals surface area (Å²) in [5, 5.41) is 18.2. The highest BCUT2D eigenvalue weighted by Crippen LogP contribution is 2.57. The van der Waals surface area contributed by atoms with Gasteiger partial charge in [-0.25, -0.2) is 4.79 Å². The number of rotatable bonds is 7. The van der Waals surface area contributed by atoms with Gasteiger partial charge in [-0.1, -0.05) is 54.6 Å². The molecule has 8 nitrogen and oxygen atoms in total. The van der Waals surface area contributed by atoms with Crippen molar-refractivity contribution >= 4 is 41.0 Å². The average molecular weight is 521 g/mol. The van der Waals surface area contributed by atoms with E-state index < -0.39 is 23.5 Å². The second kappa shape index (κ2) is 10.1. The highest BCUT2D eigenvalue weighted by atomic mass is 32.1. The highest BCUT2D eigenvalue weighted by Gasteiger charge is 2.65. The van der Waals surface area contributed by atoms with Crippen LogP contribution < -0.4 is 5.23 Å². The normalized spacial score (nSPS) is 28.1. The van der Waals surface area contributed by atoms with E-state index in [1.807, 2.05) is 30.3 Å². The first-order chi connectivity index (χ1) is 17.8. The van der Waals surface area contributed by atoms with Gasteiger partial charge in [-0.3, -0.25) is 20.1 Å². The molecule has 2 aromatic carbocycles. The smallest absolute Gasteiger partial charge is 0.333 e. The number of ether oxygens (including phenoxy) is 2. The summed E-state index contributed by atoms with van der Waals surface area (Å²) in [5.41, 5.74) is 0.428. The third-order valence-electron chi connectivity index (χ3n) is 7.46. The van der Waals surface area contributed by atoms with Crippen LogP contribution in [0.15, 0.2) is 72.8 Å². The standard InChI is InChI=1S/C28H28N2O6S/c1-2-35-26(32)25-28(21-6-4-3-5-7-21,23-17-19-8-12-20(23)16-19)36-27(37)29(25)24(31)15-11-18-9-13-22(14-10-18)30(33)34/h3-15,19-20,23,25,33-34H,2,16-17H2,1H3/b15-11+.